The van der Waals surface area contributed by atoms with Crippen LogP contribution in [-0.2, 0) is 19.6 Å². The van der Waals surface area contributed by atoms with Crippen LogP contribution in [-0.4, -0.2) is 33.3 Å². The summed E-state index contributed by atoms with van der Waals surface area (Å²) in [5.41, 5.74) is 0.204. The Labute approximate surface area is 103 Å². The predicted molar refractivity (Wildman–Crippen MR) is 65.0 cm³/mol. The second kappa shape index (κ2) is 5.35. The Balaban J connectivity index is 2.42. The summed E-state index contributed by atoms with van der Waals surface area (Å²) in [4.78, 5) is 10.9. The first-order chi connectivity index (χ1) is 7.74. The summed E-state index contributed by atoms with van der Waals surface area (Å²) in [6.45, 7) is 4.27. The van der Waals surface area contributed by atoms with Gasteiger partial charge in [-0.3, -0.25) is 4.79 Å². The summed E-state index contributed by atoms with van der Waals surface area (Å²) in [6.07, 6.45) is 2.65. The Morgan fingerprint density at radius 2 is 2.12 bits per heavy atom. The molecule has 1 aliphatic carbocycles. The van der Waals surface area contributed by atoms with Crippen molar-refractivity contribution in [3.05, 3.63) is 0 Å². The molecule has 1 atom stereocenters. The van der Waals surface area contributed by atoms with E-state index in [1.807, 2.05) is 0 Å². The van der Waals surface area contributed by atoms with Gasteiger partial charge in [0.2, 0.25) is 10.0 Å². The molecular weight excluding hydrogens is 242 g/mol. The topological polar surface area (TPSA) is 72.5 Å². The molecule has 100 valence electrons. The molecule has 1 saturated carbocycles. The summed E-state index contributed by atoms with van der Waals surface area (Å²) in [7, 11) is -2.12. The molecule has 1 rings (SSSR count). The average Bonchev–Trinajstić information content (AvgIpc) is 2.53. The van der Waals surface area contributed by atoms with Crippen LogP contribution in [0, 0.1) is 5.41 Å². The Hall–Kier alpha value is -0.620. The summed E-state index contributed by atoms with van der Waals surface area (Å²) in [6, 6.07) is 0.00708. The van der Waals surface area contributed by atoms with Crippen LogP contribution in [0.5, 0.6) is 0 Å². The molecule has 0 spiro atoms. The van der Waals surface area contributed by atoms with Crippen LogP contribution in [0.2, 0.25) is 0 Å². The molecule has 5 nitrogen and oxygen atoms in total. The van der Waals surface area contributed by atoms with Crippen LogP contribution in [0.1, 0.15) is 39.5 Å². The van der Waals surface area contributed by atoms with E-state index in [1.54, 1.807) is 0 Å². The predicted octanol–water partition coefficient (Wildman–Crippen LogP) is 1.05. The molecule has 1 fully saturated rings. The first-order valence-electron chi connectivity index (χ1n) is 5.81. The number of esters is 1. The normalized spacial score (nSPS) is 23.6. The number of carbonyl (C=O) groups is 1. The molecule has 17 heavy (non-hydrogen) atoms. The monoisotopic (exact) mass is 263 g/mol. The van der Waals surface area contributed by atoms with E-state index >= 15 is 0 Å². The molecule has 1 aliphatic rings. The van der Waals surface area contributed by atoms with Crippen molar-refractivity contribution in [3.63, 3.8) is 0 Å². The Morgan fingerprint density at radius 3 is 2.59 bits per heavy atom. The maximum Gasteiger partial charge on any atom is 0.306 e. The molecule has 6 heteroatoms. The van der Waals surface area contributed by atoms with Crippen LogP contribution < -0.4 is 4.72 Å². The molecule has 0 aromatic rings. The second-order valence-corrected chi connectivity index (χ2v) is 7.24. The highest BCUT2D eigenvalue weighted by Gasteiger charge is 2.33. The van der Waals surface area contributed by atoms with E-state index in [9.17, 15) is 13.2 Å². The third-order valence-corrected chi connectivity index (χ3v) is 4.55. The smallest absolute Gasteiger partial charge is 0.306 e. The zero-order valence-electron chi connectivity index (χ0n) is 10.7. The number of sulfonamides is 1. The van der Waals surface area contributed by atoms with Crippen molar-refractivity contribution in [3.8, 4) is 0 Å². The maximum atomic E-state index is 11.7. The van der Waals surface area contributed by atoms with Crippen molar-refractivity contribution >= 4 is 16.0 Å². The van der Waals surface area contributed by atoms with Crippen molar-refractivity contribution in [1.29, 1.82) is 0 Å². The summed E-state index contributed by atoms with van der Waals surface area (Å²) >= 11 is 0. The third-order valence-electron chi connectivity index (χ3n) is 3.12. The van der Waals surface area contributed by atoms with Gasteiger partial charge in [0.15, 0.2) is 0 Å². The van der Waals surface area contributed by atoms with Gasteiger partial charge in [-0.25, -0.2) is 13.1 Å². The van der Waals surface area contributed by atoms with Gasteiger partial charge in [-0.15, -0.1) is 0 Å². The van der Waals surface area contributed by atoms with Crippen molar-refractivity contribution in [2.75, 3.05) is 12.9 Å². The summed E-state index contributed by atoms with van der Waals surface area (Å²) in [5, 5.41) is 0. The van der Waals surface area contributed by atoms with Crippen LogP contribution in [0.4, 0.5) is 0 Å². The largest absolute Gasteiger partial charge is 0.469 e. The minimum Gasteiger partial charge on any atom is -0.469 e. The van der Waals surface area contributed by atoms with E-state index in [2.05, 4.69) is 23.3 Å². The number of rotatable bonds is 5. The zero-order chi connectivity index (χ0) is 13.1. The lowest BCUT2D eigenvalue weighted by molar-refractivity contribution is -0.140. The quantitative estimate of drug-likeness (QED) is 0.752. The van der Waals surface area contributed by atoms with Crippen LogP contribution >= 0.6 is 0 Å². The molecule has 1 N–H and O–H groups in total. The lowest BCUT2D eigenvalue weighted by Crippen LogP contribution is -2.35. The number of hydrogen-bond acceptors (Lipinski definition) is 4. The van der Waals surface area contributed by atoms with E-state index in [0.29, 0.717) is 0 Å². The van der Waals surface area contributed by atoms with Crippen LogP contribution in [0.15, 0.2) is 0 Å². The highest BCUT2D eigenvalue weighted by atomic mass is 32.2. The molecule has 0 radical (unpaired) electrons. The van der Waals surface area contributed by atoms with Gasteiger partial charge in [-0.1, -0.05) is 13.8 Å². The Kier molecular flexibility index (Phi) is 4.55. The molecular formula is C11H21NO4S. The lowest BCUT2D eigenvalue weighted by atomic mass is 9.92. The van der Waals surface area contributed by atoms with E-state index in [4.69, 9.17) is 0 Å². The van der Waals surface area contributed by atoms with Crippen molar-refractivity contribution in [1.82, 2.24) is 4.72 Å². The molecule has 0 bridgehead atoms. The summed E-state index contributed by atoms with van der Waals surface area (Å²) < 4.78 is 30.5. The van der Waals surface area contributed by atoms with Gasteiger partial charge >= 0.3 is 5.97 Å². The molecule has 1 unspecified atom stereocenters. The zero-order valence-corrected chi connectivity index (χ0v) is 11.5. The standard InChI is InChI=1S/C11H21NO4S/c1-11(2)6-4-9(8-11)12-17(14,15)7-5-10(13)16-3/h9,12H,4-8H2,1-3H3. The number of hydrogen-bond donors (Lipinski definition) is 1. The van der Waals surface area contributed by atoms with Gasteiger partial charge in [0.1, 0.15) is 0 Å². The highest BCUT2D eigenvalue weighted by molar-refractivity contribution is 7.89. The highest BCUT2D eigenvalue weighted by Crippen LogP contribution is 2.37. The maximum absolute atomic E-state index is 11.7. The van der Waals surface area contributed by atoms with Gasteiger partial charge in [0.25, 0.3) is 0 Å². The molecule has 0 saturated heterocycles. The number of ether oxygens (including phenoxy) is 1. The molecule has 0 amide bonds. The Bertz CT molecular complexity index is 375. The first-order valence-corrected chi connectivity index (χ1v) is 7.46. The molecule has 0 aliphatic heterocycles. The van der Waals surface area contributed by atoms with Gasteiger partial charge in [-0.05, 0) is 24.7 Å². The number of nitrogens with one attached hydrogen (secondary N) is 1. The van der Waals surface area contributed by atoms with E-state index in [0.717, 1.165) is 19.3 Å². The SMILES string of the molecule is COC(=O)CCS(=O)(=O)NC1CCC(C)(C)C1. The lowest BCUT2D eigenvalue weighted by Gasteiger charge is -2.17. The van der Waals surface area contributed by atoms with Gasteiger partial charge in [0, 0.05) is 6.04 Å². The Morgan fingerprint density at radius 1 is 1.47 bits per heavy atom. The minimum absolute atomic E-state index is 0.00708. The van der Waals surface area contributed by atoms with E-state index in [-0.39, 0.29) is 23.6 Å². The van der Waals surface area contributed by atoms with Gasteiger partial charge in [-0.2, -0.15) is 0 Å². The second-order valence-electron chi connectivity index (χ2n) is 5.37. The van der Waals surface area contributed by atoms with Crippen molar-refractivity contribution in [2.45, 2.75) is 45.6 Å². The molecule has 0 heterocycles. The fourth-order valence-electron chi connectivity index (χ4n) is 2.17. The fourth-order valence-corrected chi connectivity index (χ4v) is 3.43. The van der Waals surface area contributed by atoms with E-state index < -0.39 is 16.0 Å². The fraction of sp³-hybridized carbons (Fsp3) is 0.909. The summed E-state index contributed by atoms with van der Waals surface area (Å²) in [5.74, 6) is -0.696. The minimum atomic E-state index is -3.37. The number of methoxy groups -OCH3 is 1. The van der Waals surface area contributed by atoms with Crippen LogP contribution in [0.25, 0.3) is 0 Å². The average molecular weight is 263 g/mol. The van der Waals surface area contributed by atoms with Crippen LogP contribution in [0.3, 0.4) is 0 Å². The first kappa shape index (κ1) is 14.4. The van der Waals surface area contributed by atoms with Gasteiger partial charge < -0.3 is 4.74 Å². The van der Waals surface area contributed by atoms with Crippen molar-refractivity contribution in [2.24, 2.45) is 5.41 Å². The number of carbonyl (C=O) groups excluding carboxylic acids is 1. The molecule has 0 aromatic heterocycles. The molecule has 0 aromatic carbocycles. The third kappa shape index (κ3) is 5.04. The van der Waals surface area contributed by atoms with E-state index in [1.165, 1.54) is 7.11 Å². The van der Waals surface area contributed by atoms with Crippen molar-refractivity contribution < 1.29 is 17.9 Å². The van der Waals surface area contributed by atoms with Gasteiger partial charge in [0.05, 0.1) is 19.3 Å².